The summed E-state index contributed by atoms with van der Waals surface area (Å²) in [5, 5.41) is 10.3. The standard InChI is InChI=1S/C17H23N5O3.ClH/c1-11-6-13(25-21-11)7-12-9-24-10-15(12)20-17(23)14-8-22-5-4-18-3-2-16(22)19-14;/h6,8,12,15,18H,2-5,7,9-10H2,1H3,(H,20,23);1H/t12-,15+;/m1./s1. The van der Waals surface area contributed by atoms with Crippen LogP contribution in [0, 0.1) is 12.8 Å². The van der Waals surface area contributed by atoms with Gasteiger partial charge in [-0.05, 0) is 6.92 Å². The molecule has 9 heteroatoms. The van der Waals surface area contributed by atoms with Crippen molar-refractivity contribution in [1.82, 2.24) is 25.3 Å². The Morgan fingerprint density at radius 2 is 2.31 bits per heavy atom. The van der Waals surface area contributed by atoms with E-state index in [1.54, 1.807) is 0 Å². The Hall–Kier alpha value is -1.90. The molecule has 1 amide bonds. The van der Waals surface area contributed by atoms with E-state index in [-0.39, 0.29) is 30.3 Å². The maximum atomic E-state index is 12.6. The van der Waals surface area contributed by atoms with E-state index < -0.39 is 0 Å². The van der Waals surface area contributed by atoms with Crippen molar-refractivity contribution in [3.63, 3.8) is 0 Å². The van der Waals surface area contributed by atoms with Gasteiger partial charge >= 0.3 is 0 Å². The van der Waals surface area contributed by atoms with Crippen LogP contribution in [0.5, 0.6) is 0 Å². The van der Waals surface area contributed by atoms with Gasteiger partial charge in [-0.25, -0.2) is 4.98 Å². The van der Waals surface area contributed by atoms with Gasteiger partial charge in [-0.15, -0.1) is 12.4 Å². The highest BCUT2D eigenvalue weighted by atomic mass is 35.5. The Bertz CT molecular complexity index is 736. The summed E-state index contributed by atoms with van der Waals surface area (Å²) >= 11 is 0. The van der Waals surface area contributed by atoms with Gasteiger partial charge in [0.15, 0.2) is 0 Å². The average Bonchev–Trinajstić information content (AvgIpc) is 3.27. The number of rotatable bonds is 4. The van der Waals surface area contributed by atoms with E-state index in [0.717, 1.165) is 43.3 Å². The molecule has 4 rings (SSSR count). The molecule has 2 N–H and O–H groups in total. The molecule has 0 radical (unpaired) electrons. The number of aryl methyl sites for hydroxylation is 1. The predicted octanol–water partition coefficient (Wildman–Crippen LogP) is 0.735. The Morgan fingerprint density at radius 1 is 1.42 bits per heavy atom. The number of carbonyl (C=O) groups excluding carboxylic acids is 1. The van der Waals surface area contributed by atoms with E-state index in [9.17, 15) is 4.79 Å². The van der Waals surface area contributed by atoms with Crippen molar-refractivity contribution in [2.75, 3.05) is 26.3 Å². The van der Waals surface area contributed by atoms with Crippen molar-refractivity contribution in [2.24, 2.45) is 5.92 Å². The first-order valence-electron chi connectivity index (χ1n) is 8.76. The van der Waals surface area contributed by atoms with E-state index in [2.05, 4.69) is 25.3 Å². The minimum absolute atomic E-state index is 0. The number of hydrogen-bond donors (Lipinski definition) is 2. The van der Waals surface area contributed by atoms with Crippen LogP contribution >= 0.6 is 12.4 Å². The minimum Gasteiger partial charge on any atom is -0.379 e. The molecule has 2 aliphatic rings. The lowest BCUT2D eigenvalue weighted by Gasteiger charge is -2.17. The van der Waals surface area contributed by atoms with E-state index >= 15 is 0 Å². The summed E-state index contributed by atoms with van der Waals surface area (Å²) in [5.74, 6) is 1.84. The Labute approximate surface area is 158 Å². The molecule has 0 aromatic carbocycles. The number of halogens is 1. The van der Waals surface area contributed by atoms with Crippen molar-refractivity contribution < 1.29 is 14.1 Å². The van der Waals surface area contributed by atoms with Gasteiger partial charge in [0.25, 0.3) is 5.91 Å². The van der Waals surface area contributed by atoms with Gasteiger partial charge in [0.2, 0.25) is 0 Å². The first-order valence-corrected chi connectivity index (χ1v) is 8.76. The normalized spacial score (nSPS) is 22.3. The van der Waals surface area contributed by atoms with Gasteiger partial charge in [-0.1, -0.05) is 5.16 Å². The Balaban J connectivity index is 0.00000196. The van der Waals surface area contributed by atoms with E-state index in [4.69, 9.17) is 9.26 Å². The lowest BCUT2D eigenvalue weighted by Crippen LogP contribution is -2.40. The first kappa shape index (κ1) is 18.9. The molecule has 142 valence electrons. The first-order chi connectivity index (χ1) is 12.2. The zero-order valence-electron chi connectivity index (χ0n) is 14.7. The molecule has 1 saturated heterocycles. The van der Waals surface area contributed by atoms with Gasteiger partial charge in [0.1, 0.15) is 17.3 Å². The summed E-state index contributed by atoms with van der Waals surface area (Å²) < 4.78 is 12.9. The highest BCUT2D eigenvalue weighted by Crippen LogP contribution is 2.20. The molecule has 2 aliphatic heterocycles. The molecule has 2 aromatic heterocycles. The third-order valence-corrected chi connectivity index (χ3v) is 4.80. The van der Waals surface area contributed by atoms with Crippen molar-refractivity contribution >= 4 is 18.3 Å². The molecule has 2 aromatic rings. The number of aromatic nitrogens is 3. The molecular formula is C17H24ClN5O3. The SMILES string of the molecule is Cc1cc(C[C@@H]2COC[C@@H]2NC(=O)c2cn3c(n2)CCNCC3)on1.Cl. The van der Waals surface area contributed by atoms with Gasteiger partial charge in [0.05, 0.1) is 24.9 Å². The van der Waals surface area contributed by atoms with Crippen LogP contribution in [0.3, 0.4) is 0 Å². The smallest absolute Gasteiger partial charge is 0.271 e. The number of hydrogen-bond acceptors (Lipinski definition) is 6. The fourth-order valence-electron chi connectivity index (χ4n) is 3.45. The molecule has 0 saturated carbocycles. The second kappa shape index (κ2) is 8.20. The molecule has 0 spiro atoms. The topological polar surface area (TPSA) is 94.2 Å². The summed E-state index contributed by atoms with van der Waals surface area (Å²) in [5.41, 5.74) is 1.35. The highest BCUT2D eigenvalue weighted by molar-refractivity contribution is 5.92. The minimum atomic E-state index is -0.136. The molecule has 8 nitrogen and oxygen atoms in total. The number of carbonyl (C=O) groups is 1. The second-order valence-corrected chi connectivity index (χ2v) is 6.75. The number of amides is 1. The van der Waals surface area contributed by atoms with Crippen molar-refractivity contribution in [3.8, 4) is 0 Å². The maximum absolute atomic E-state index is 12.6. The van der Waals surface area contributed by atoms with Crippen LogP contribution in [0.2, 0.25) is 0 Å². The number of nitrogens with one attached hydrogen (secondary N) is 2. The quantitative estimate of drug-likeness (QED) is 0.811. The summed E-state index contributed by atoms with van der Waals surface area (Å²) in [6.45, 7) is 5.66. The summed E-state index contributed by atoms with van der Waals surface area (Å²) in [6, 6.07) is 1.89. The molecule has 0 bridgehead atoms. The van der Waals surface area contributed by atoms with Crippen LogP contribution in [0.25, 0.3) is 0 Å². The van der Waals surface area contributed by atoms with Gasteiger partial charge in [0, 0.05) is 50.7 Å². The van der Waals surface area contributed by atoms with Crippen molar-refractivity contribution in [2.45, 2.75) is 32.4 Å². The molecule has 1 fully saturated rings. The van der Waals surface area contributed by atoms with Crippen LogP contribution in [-0.4, -0.2) is 53.0 Å². The second-order valence-electron chi connectivity index (χ2n) is 6.75. The van der Waals surface area contributed by atoms with Crippen molar-refractivity contribution in [3.05, 3.63) is 35.2 Å². The molecule has 2 atom stereocenters. The zero-order valence-corrected chi connectivity index (χ0v) is 15.6. The van der Waals surface area contributed by atoms with Gasteiger partial charge < -0.3 is 24.5 Å². The molecule has 0 unspecified atom stereocenters. The Kier molecular flexibility index (Phi) is 5.95. The fraction of sp³-hybridized carbons (Fsp3) is 0.588. The van der Waals surface area contributed by atoms with E-state index in [1.807, 2.05) is 19.2 Å². The van der Waals surface area contributed by atoms with Crippen LogP contribution in [-0.2, 0) is 24.1 Å². The van der Waals surface area contributed by atoms with E-state index in [1.165, 1.54) is 0 Å². The molecule has 26 heavy (non-hydrogen) atoms. The summed E-state index contributed by atoms with van der Waals surface area (Å²) in [6.07, 6.45) is 3.40. The zero-order chi connectivity index (χ0) is 17.2. The number of imidazole rings is 1. The molecule has 4 heterocycles. The Morgan fingerprint density at radius 3 is 3.12 bits per heavy atom. The van der Waals surface area contributed by atoms with E-state index in [0.29, 0.717) is 25.3 Å². The highest BCUT2D eigenvalue weighted by Gasteiger charge is 2.31. The third-order valence-electron chi connectivity index (χ3n) is 4.80. The summed E-state index contributed by atoms with van der Waals surface area (Å²) in [4.78, 5) is 17.1. The maximum Gasteiger partial charge on any atom is 0.271 e. The number of ether oxygens (including phenoxy) is 1. The third kappa shape index (κ3) is 4.08. The van der Waals surface area contributed by atoms with Gasteiger partial charge in [-0.3, -0.25) is 4.79 Å². The number of nitrogens with zero attached hydrogens (tertiary/aromatic N) is 3. The monoisotopic (exact) mass is 381 g/mol. The van der Waals surface area contributed by atoms with Crippen LogP contribution in [0.1, 0.15) is 27.8 Å². The molecule has 0 aliphatic carbocycles. The van der Waals surface area contributed by atoms with Crippen LogP contribution in [0.4, 0.5) is 0 Å². The summed E-state index contributed by atoms with van der Waals surface area (Å²) in [7, 11) is 0. The van der Waals surface area contributed by atoms with Gasteiger partial charge in [-0.2, -0.15) is 0 Å². The lowest BCUT2D eigenvalue weighted by molar-refractivity contribution is 0.0919. The average molecular weight is 382 g/mol. The lowest BCUT2D eigenvalue weighted by atomic mass is 9.98. The molecular weight excluding hydrogens is 358 g/mol. The van der Waals surface area contributed by atoms with Crippen LogP contribution in [0.15, 0.2) is 16.8 Å². The number of fused-ring (bicyclic) bond motifs is 1. The van der Waals surface area contributed by atoms with Crippen LogP contribution < -0.4 is 10.6 Å². The fourth-order valence-corrected chi connectivity index (χ4v) is 3.45. The van der Waals surface area contributed by atoms with Crippen molar-refractivity contribution in [1.29, 1.82) is 0 Å². The largest absolute Gasteiger partial charge is 0.379 e. The predicted molar refractivity (Wildman–Crippen MR) is 96.6 cm³/mol.